The van der Waals surface area contributed by atoms with Crippen LogP contribution < -0.4 is 4.74 Å². The number of methoxy groups -OCH3 is 1. The molecule has 33 heavy (non-hydrogen) atoms. The van der Waals surface area contributed by atoms with Gasteiger partial charge in [0.15, 0.2) is 17.3 Å². The van der Waals surface area contributed by atoms with Crippen molar-refractivity contribution in [1.82, 2.24) is 24.4 Å². The van der Waals surface area contributed by atoms with E-state index in [1.807, 2.05) is 29.0 Å². The predicted octanol–water partition coefficient (Wildman–Crippen LogP) is 4.54. The van der Waals surface area contributed by atoms with Crippen LogP contribution in [0.1, 0.15) is 52.5 Å². The number of hydrogen-bond acceptors (Lipinski definition) is 6. The molecule has 1 aromatic carbocycles. The van der Waals surface area contributed by atoms with Crippen molar-refractivity contribution in [1.29, 1.82) is 0 Å². The number of rotatable bonds is 9. The number of hydrogen-bond donors (Lipinski definition) is 0. The molecule has 1 fully saturated rings. The number of halogens is 1. The van der Waals surface area contributed by atoms with E-state index in [0.29, 0.717) is 18.0 Å². The number of Topliss-reactive ketones (excluding diaryl/α,β-unsaturated/α-hetero) is 1. The van der Waals surface area contributed by atoms with Gasteiger partial charge in [-0.1, -0.05) is 11.3 Å². The normalized spacial score (nSPS) is 13.5. The summed E-state index contributed by atoms with van der Waals surface area (Å²) < 4.78 is 23.4. The minimum atomic E-state index is -0.419. The second-order valence-electron chi connectivity index (χ2n) is 8.22. The molecule has 0 saturated heterocycles. The number of carbonyl (C=O) groups is 1. The lowest BCUT2D eigenvalue weighted by atomic mass is 10.1. The van der Waals surface area contributed by atoms with Crippen LogP contribution in [-0.4, -0.2) is 43.5 Å². The van der Waals surface area contributed by atoms with Gasteiger partial charge >= 0.3 is 0 Å². The molecule has 170 valence electrons. The second-order valence-corrected chi connectivity index (χ2v) is 9.07. The molecule has 7 nitrogen and oxygen atoms in total. The molecule has 0 unspecified atom stereocenters. The SMILES string of the molecule is COc1ccc(SC)c(CCC(=O)c2cn(Cc3cn4cc(C5CC5)ccc4n3)nn2)c1F. The number of aromatic nitrogens is 5. The van der Waals surface area contributed by atoms with E-state index in [0.717, 1.165) is 16.2 Å². The monoisotopic (exact) mass is 465 g/mol. The van der Waals surface area contributed by atoms with Gasteiger partial charge in [0.2, 0.25) is 0 Å². The number of carbonyl (C=O) groups excluding carboxylic acids is 1. The third-order valence-corrected chi connectivity index (χ3v) is 6.75. The molecule has 0 radical (unpaired) electrons. The van der Waals surface area contributed by atoms with Crippen molar-refractivity contribution in [2.75, 3.05) is 13.4 Å². The zero-order chi connectivity index (χ0) is 22.9. The van der Waals surface area contributed by atoms with Crippen LogP contribution in [-0.2, 0) is 13.0 Å². The van der Waals surface area contributed by atoms with Gasteiger partial charge in [-0.25, -0.2) is 14.1 Å². The van der Waals surface area contributed by atoms with Gasteiger partial charge in [0, 0.05) is 29.3 Å². The summed E-state index contributed by atoms with van der Waals surface area (Å²) in [6.45, 7) is 0.419. The van der Waals surface area contributed by atoms with Crippen LogP contribution in [0.25, 0.3) is 5.65 Å². The van der Waals surface area contributed by atoms with Crippen molar-refractivity contribution in [2.45, 2.75) is 43.0 Å². The maximum absolute atomic E-state index is 14.7. The van der Waals surface area contributed by atoms with Gasteiger partial charge in [0.25, 0.3) is 0 Å². The molecule has 4 aromatic rings. The van der Waals surface area contributed by atoms with Crippen LogP contribution in [0, 0.1) is 5.82 Å². The number of ether oxygens (including phenoxy) is 1. The Morgan fingerprint density at radius 2 is 2.06 bits per heavy atom. The highest BCUT2D eigenvalue weighted by molar-refractivity contribution is 7.98. The van der Waals surface area contributed by atoms with Crippen molar-refractivity contribution in [3.63, 3.8) is 0 Å². The Labute approximate surface area is 195 Å². The number of thioether (sulfide) groups is 1. The number of ketones is 1. The summed E-state index contributed by atoms with van der Waals surface area (Å²) >= 11 is 1.44. The summed E-state index contributed by atoms with van der Waals surface area (Å²) in [5.74, 6) is 0.261. The lowest BCUT2D eigenvalue weighted by Crippen LogP contribution is -2.05. The predicted molar refractivity (Wildman–Crippen MR) is 124 cm³/mol. The average molecular weight is 466 g/mol. The standard InChI is InChI=1S/C24H24FN5O2S/c1-32-21-8-9-22(33-2)18(24(21)25)6-7-20(31)19-14-30(28-27-19)13-17-12-29-11-16(15-3-4-15)5-10-23(29)26-17/h5,8-12,14-15H,3-4,6-7,13H2,1-2H3. The third kappa shape index (κ3) is 4.50. The molecule has 0 N–H and O–H groups in total. The Bertz CT molecular complexity index is 1330. The first-order chi connectivity index (χ1) is 16.1. The number of nitrogens with zero attached hydrogens (tertiary/aromatic N) is 5. The smallest absolute Gasteiger partial charge is 0.185 e. The zero-order valence-corrected chi connectivity index (χ0v) is 19.3. The van der Waals surface area contributed by atoms with Gasteiger partial charge < -0.3 is 9.14 Å². The number of imidazole rings is 1. The van der Waals surface area contributed by atoms with Gasteiger partial charge in [0.05, 0.1) is 25.5 Å². The molecule has 0 atom stereocenters. The lowest BCUT2D eigenvalue weighted by molar-refractivity contribution is 0.0977. The van der Waals surface area contributed by atoms with Crippen molar-refractivity contribution >= 4 is 23.2 Å². The van der Waals surface area contributed by atoms with Crippen molar-refractivity contribution in [3.8, 4) is 5.75 Å². The van der Waals surface area contributed by atoms with E-state index < -0.39 is 5.82 Å². The van der Waals surface area contributed by atoms with Crippen LogP contribution in [0.5, 0.6) is 5.75 Å². The third-order valence-electron chi connectivity index (χ3n) is 5.93. The summed E-state index contributed by atoms with van der Waals surface area (Å²) in [4.78, 5) is 18.1. The molecule has 1 saturated carbocycles. The van der Waals surface area contributed by atoms with Crippen molar-refractivity contribution < 1.29 is 13.9 Å². The summed E-state index contributed by atoms with van der Waals surface area (Å²) in [5, 5.41) is 8.12. The maximum atomic E-state index is 14.7. The summed E-state index contributed by atoms with van der Waals surface area (Å²) in [6, 6.07) is 7.59. The number of pyridine rings is 1. The fourth-order valence-corrected chi connectivity index (χ4v) is 4.64. The van der Waals surface area contributed by atoms with Gasteiger partial charge in [-0.3, -0.25) is 4.79 Å². The van der Waals surface area contributed by atoms with Gasteiger partial charge in [-0.2, -0.15) is 0 Å². The first-order valence-electron chi connectivity index (χ1n) is 10.9. The van der Waals surface area contributed by atoms with E-state index in [1.165, 1.54) is 37.3 Å². The summed E-state index contributed by atoms with van der Waals surface area (Å²) in [6.07, 6.45) is 10.5. The summed E-state index contributed by atoms with van der Waals surface area (Å²) in [5.41, 5.74) is 3.82. The first kappa shape index (κ1) is 21.6. The fraction of sp³-hybridized carbons (Fsp3) is 0.333. The number of fused-ring (bicyclic) bond motifs is 1. The molecule has 3 aromatic heterocycles. The maximum Gasteiger partial charge on any atom is 0.185 e. The summed E-state index contributed by atoms with van der Waals surface area (Å²) in [7, 11) is 1.43. The second kappa shape index (κ2) is 8.97. The van der Waals surface area contributed by atoms with E-state index in [1.54, 1.807) is 16.9 Å². The largest absolute Gasteiger partial charge is 0.494 e. The molecule has 3 heterocycles. The molecule has 1 aliphatic rings. The van der Waals surface area contributed by atoms with Crippen LogP contribution >= 0.6 is 11.8 Å². The minimum Gasteiger partial charge on any atom is -0.494 e. The van der Waals surface area contributed by atoms with Crippen LogP contribution in [0.3, 0.4) is 0 Å². The zero-order valence-electron chi connectivity index (χ0n) is 18.5. The van der Waals surface area contributed by atoms with Gasteiger partial charge in [-0.05, 0) is 55.2 Å². The quantitative estimate of drug-likeness (QED) is 0.267. The van der Waals surface area contributed by atoms with Gasteiger partial charge in [-0.15, -0.1) is 16.9 Å². The van der Waals surface area contributed by atoms with E-state index >= 15 is 0 Å². The molecule has 9 heteroatoms. The average Bonchev–Trinajstić information content (AvgIpc) is 3.44. The topological polar surface area (TPSA) is 74.3 Å². The fourth-order valence-electron chi connectivity index (χ4n) is 4.00. The Morgan fingerprint density at radius 1 is 1.21 bits per heavy atom. The lowest BCUT2D eigenvalue weighted by Gasteiger charge is -2.11. The van der Waals surface area contributed by atoms with Crippen LogP contribution in [0.2, 0.25) is 0 Å². The van der Waals surface area contributed by atoms with E-state index in [-0.39, 0.29) is 30.1 Å². The molecule has 1 aliphatic carbocycles. The molecule has 0 spiro atoms. The Balaban J connectivity index is 1.26. The molecule has 0 amide bonds. The number of benzene rings is 1. The molecular weight excluding hydrogens is 441 g/mol. The van der Waals surface area contributed by atoms with E-state index in [9.17, 15) is 9.18 Å². The van der Waals surface area contributed by atoms with Crippen molar-refractivity contribution in [2.24, 2.45) is 0 Å². The molecular formula is C24H24FN5O2S. The van der Waals surface area contributed by atoms with E-state index in [4.69, 9.17) is 4.74 Å². The van der Waals surface area contributed by atoms with Crippen LogP contribution in [0.4, 0.5) is 4.39 Å². The highest BCUT2D eigenvalue weighted by Gasteiger charge is 2.24. The Morgan fingerprint density at radius 3 is 2.82 bits per heavy atom. The van der Waals surface area contributed by atoms with Crippen molar-refractivity contribution in [3.05, 3.63) is 71.2 Å². The highest BCUT2D eigenvalue weighted by atomic mass is 32.2. The highest BCUT2D eigenvalue weighted by Crippen LogP contribution is 2.39. The Kier molecular flexibility index (Phi) is 5.88. The van der Waals surface area contributed by atoms with E-state index in [2.05, 4.69) is 27.6 Å². The molecule has 0 bridgehead atoms. The van der Waals surface area contributed by atoms with Gasteiger partial charge in [0.1, 0.15) is 11.3 Å². The molecule has 5 rings (SSSR count). The minimum absolute atomic E-state index is 0.134. The molecule has 0 aliphatic heterocycles. The first-order valence-corrected chi connectivity index (χ1v) is 12.1. The van der Waals surface area contributed by atoms with Crippen LogP contribution in [0.15, 0.2) is 47.8 Å². The Hall–Kier alpha value is -3.20.